The standard InChI is InChI=1S/C58H70N8O14S.C3H8.C2H6.CH4N2O/c1-6-13-40(62-50(68)30-59-49(67)14-9-7-10-19-64-51(69)27-48(81)56(64)74)53(71)61-37-17-15-36(16-18-37)32-80-57(75)66-42-26-47(45(77-5)24-39(42)54(72)65-31-34(2)22-43(65)55(66)73)79-21-12-8-11-20-78-46-25-41-38(23-44(46)76-4)52(70)63-58(33-60-41)28-35(3)29-58;1-3-2;1-2;2-1(3)4/h15-18,23-26,33,40,43,48,55,73,81H,2-3,6-14,19-22,27-32H2,1,4-5H3,(H,59,67)(H,61,71)(H,62,68)(H,63,70);3H2,1-2H3;1-2H3;(H4,2,3,4). The van der Waals surface area contributed by atoms with Gasteiger partial charge in [0.05, 0.1) is 73.3 Å². The van der Waals surface area contributed by atoms with Gasteiger partial charge >= 0.3 is 12.1 Å². The van der Waals surface area contributed by atoms with Crippen LogP contribution in [-0.4, -0.2) is 151 Å². The summed E-state index contributed by atoms with van der Waals surface area (Å²) in [6.07, 6.45) is 6.77. The number of nitrogens with zero attached hydrogens (tertiary/aromatic N) is 4. The number of nitrogens with one attached hydrogen (secondary N) is 4. The molecule has 2 saturated heterocycles. The average Bonchev–Trinajstić information content (AvgIpc) is 1.59. The van der Waals surface area contributed by atoms with Crippen molar-refractivity contribution >= 4 is 89.4 Å². The van der Waals surface area contributed by atoms with Gasteiger partial charge in [-0.15, -0.1) is 0 Å². The maximum absolute atomic E-state index is 14.2. The van der Waals surface area contributed by atoms with Gasteiger partial charge in [-0.25, -0.2) is 14.5 Å². The predicted octanol–water partition coefficient (Wildman–Crippen LogP) is 7.54. The Kier molecular flexibility index (Phi) is 28.0. The van der Waals surface area contributed by atoms with Gasteiger partial charge in [0.25, 0.3) is 11.8 Å². The third-order valence-electron chi connectivity index (χ3n) is 14.7. The van der Waals surface area contributed by atoms with E-state index in [0.717, 1.165) is 10.5 Å². The fourth-order valence-electron chi connectivity index (χ4n) is 10.4. The van der Waals surface area contributed by atoms with E-state index in [1.165, 1.54) is 42.6 Å². The monoisotopic (exact) mass is 1270 g/mol. The number of anilines is 2. The maximum Gasteiger partial charge on any atom is 0.416 e. The molecule has 490 valence electrons. The zero-order valence-electron chi connectivity index (χ0n) is 52.6. The maximum atomic E-state index is 14.2. The number of primary amides is 2. The van der Waals surface area contributed by atoms with Crippen molar-refractivity contribution in [2.24, 2.45) is 16.5 Å². The van der Waals surface area contributed by atoms with Gasteiger partial charge in [0.2, 0.25) is 29.5 Å². The van der Waals surface area contributed by atoms with Crippen molar-refractivity contribution in [2.45, 2.75) is 160 Å². The number of unbranched alkanes of at least 4 members (excludes halogenated alkanes) is 4. The van der Waals surface area contributed by atoms with Gasteiger partial charge in [-0.3, -0.25) is 43.5 Å². The van der Waals surface area contributed by atoms with Crippen LogP contribution in [0.2, 0.25) is 0 Å². The highest BCUT2D eigenvalue weighted by Gasteiger charge is 2.47. The smallest absolute Gasteiger partial charge is 0.416 e. The highest BCUT2D eigenvalue weighted by molar-refractivity contribution is 7.81. The molecule has 1 spiro atoms. The fourth-order valence-corrected chi connectivity index (χ4v) is 10.7. The first-order valence-electron chi connectivity index (χ1n) is 30.4. The number of imide groups is 1. The molecule has 3 aromatic carbocycles. The minimum absolute atomic E-state index is 0.0630. The Hall–Kier alpha value is -8.65. The molecule has 4 aliphatic heterocycles. The molecule has 10 amide bonds. The summed E-state index contributed by atoms with van der Waals surface area (Å²) < 4.78 is 29.4. The van der Waals surface area contributed by atoms with Gasteiger partial charge in [0.1, 0.15) is 12.6 Å². The van der Waals surface area contributed by atoms with Gasteiger partial charge in [0, 0.05) is 50.0 Å². The molecule has 0 bridgehead atoms. The molecular formula is C64H88N10O15S. The Morgan fingerprint density at radius 1 is 0.822 bits per heavy atom. The number of ether oxygens (including phenoxy) is 5. The molecular weight excluding hydrogens is 1180 g/mol. The third kappa shape index (κ3) is 19.7. The second-order valence-corrected chi connectivity index (χ2v) is 22.6. The predicted molar refractivity (Wildman–Crippen MR) is 343 cm³/mol. The number of urea groups is 1. The summed E-state index contributed by atoms with van der Waals surface area (Å²) in [6, 6.07) is 10.3. The summed E-state index contributed by atoms with van der Waals surface area (Å²) in [6.45, 7) is 18.6. The molecule has 3 aromatic rings. The lowest BCUT2D eigenvalue weighted by Crippen LogP contribution is -2.55. The Morgan fingerprint density at radius 2 is 1.43 bits per heavy atom. The van der Waals surface area contributed by atoms with Gasteiger partial charge in [-0.1, -0.05) is 90.3 Å². The lowest BCUT2D eigenvalue weighted by molar-refractivity contribution is -0.138. The second kappa shape index (κ2) is 34.9. The van der Waals surface area contributed by atoms with Crippen LogP contribution in [0.15, 0.2) is 77.8 Å². The van der Waals surface area contributed by atoms with Crippen molar-refractivity contribution in [1.29, 1.82) is 0 Å². The van der Waals surface area contributed by atoms with E-state index in [-0.39, 0.29) is 98.5 Å². The van der Waals surface area contributed by atoms with Crippen LogP contribution in [0.5, 0.6) is 23.0 Å². The third-order valence-corrected chi connectivity index (χ3v) is 15.1. The van der Waals surface area contributed by atoms with Crippen LogP contribution in [0.1, 0.15) is 151 Å². The van der Waals surface area contributed by atoms with Crippen LogP contribution >= 0.6 is 12.6 Å². The number of thiol groups is 1. The number of methoxy groups -OCH3 is 2. The van der Waals surface area contributed by atoms with Gasteiger partial charge < -0.3 is 66.4 Å². The molecule has 9 N–H and O–H groups in total. The van der Waals surface area contributed by atoms with Crippen molar-refractivity contribution < 1.29 is 71.9 Å². The van der Waals surface area contributed by atoms with Crippen LogP contribution in [0, 0.1) is 0 Å². The number of carbonyl (C=O) groups is 9. The molecule has 1 saturated carbocycles. The minimum atomic E-state index is -1.53. The van der Waals surface area contributed by atoms with E-state index in [0.29, 0.717) is 110 Å². The van der Waals surface area contributed by atoms with Crippen LogP contribution in [0.25, 0.3) is 0 Å². The van der Waals surface area contributed by atoms with Crippen LogP contribution in [-0.2, 0) is 35.3 Å². The number of benzene rings is 3. The van der Waals surface area contributed by atoms with Crippen molar-refractivity contribution in [1.82, 2.24) is 25.8 Å². The number of aliphatic imine (C=N–C) groups is 1. The number of amides is 10. The number of aliphatic hydroxyl groups is 1. The van der Waals surface area contributed by atoms with Gasteiger partial charge in [-0.2, -0.15) is 12.6 Å². The fraction of sp³-hybridized carbons (Fsp3) is 0.500. The Morgan fingerprint density at radius 3 is 2.02 bits per heavy atom. The lowest BCUT2D eigenvalue weighted by atomic mass is 9.74. The van der Waals surface area contributed by atoms with Crippen molar-refractivity contribution in [3.63, 3.8) is 0 Å². The Bertz CT molecular complexity index is 3110. The summed E-state index contributed by atoms with van der Waals surface area (Å²) in [7, 11) is 2.95. The molecule has 4 atom stereocenters. The van der Waals surface area contributed by atoms with Crippen molar-refractivity contribution in [3.05, 3.63) is 89.5 Å². The highest BCUT2D eigenvalue weighted by Crippen LogP contribution is 2.43. The topological polar surface area (TPSA) is 342 Å². The summed E-state index contributed by atoms with van der Waals surface area (Å²) in [5.41, 5.74) is 11.7. The van der Waals surface area contributed by atoms with E-state index in [1.54, 1.807) is 42.6 Å². The van der Waals surface area contributed by atoms with Crippen LogP contribution < -0.4 is 56.6 Å². The number of fused-ring (bicyclic) bond motifs is 3. The van der Waals surface area contributed by atoms with E-state index in [4.69, 9.17) is 28.5 Å². The number of nitrogens with two attached hydrogens (primary N) is 2. The normalized spacial score (nSPS) is 17.7. The number of hydrogen-bond acceptors (Lipinski definition) is 17. The molecule has 25 nitrogen and oxygen atoms in total. The molecule has 0 radical (unpaired) electrons. The van der Waals surface area contributed by atoms with Crippen molar-refractivity contribution in [3.8, 4) is 23.0 Å². The van der Waals surface area contributed by atoms with Crippen LogP contribution in [0.3, 0.4) is 0 Å². The zero-order valence-corrected chi connectivity index (χ0v) is 53.5. The van der Waals surface area contributed by atoms with Crippen LogP contribution in [0.4, 0.5) is 26.7 Å². The molecule has 3 fully saturated rings. The SMILES string of the molecule is C=C1CC2C(O)N(C(=O)OCc3ccc(NC(=O)C(CCC)NC(=O)CNC(=O)CCCCCN4C(=O)CC(S)C4=O)cc3)c3cc(OCCCCCOc4cc5c(cc4OC)C(=O)NC4(C=N5)CC(=C)C4)c(OC)cc3C(=O)N2C1.CC.CCC.NC(N)=O. The zero-order chi connectivity index (χ0) is 66.2. The molecule has 1 aliphatic carbocycles. The van der Waals surface area contributed by atoms with Crippen molar-refractivity contribution in [2.75, 3.05) is 57.3 Å². The summed E-state index contributed by atoms with van der Waals surface area (Å²) in [5, 5.41) is 22.4. The van der Waals surface area contributed by atoms with E-state index >= 15 is 0 Å². The number of rotatable bonds is 25. The molecule has 5 aliphatic rings. The van der Waals surface area contributed by atoms with E-state index in [9.17, 15) is 43.5 Å². The lowest BCUT2D eigenvalue weighted by Gasteiger charge is -2.40. The first-order chi connectivity index (χ1) is 43.0. The minimum Gasteiger partial charge on any atom is -0.493 e. The Balaban J connectivity index is 0.00000154. The first kappa shape index (κ1) is 72.1. The van der Waals surface area contributed by atoms with Gasteiger partial charge in [0.15, 0.2) is 29.2 Å². The molecule has 4 unspecified atom stereocenters. The number of hydrogen-bond donors (Lipinski definition) is 8. The summed E-state index contributed by atoms with van der Waals surface area (Å²) in [5.74, 6) is -1.26. The first-order valence-corrected chi connectivity index (χ1v) is 31.0. The molecule has 4 heterocycles. The molecule has 0 aromatic heterocycles. The van der Waals surface area contributed by atoms with E-state index < -0.39 is 58.9 Å². The summed E-state index contributed by atoms with van der Waals surface area (Å²) >= 11 is 4.12. The quantitative estimate of drug-likeness (QED) is 0.0176. The van der Waals surface area contributed by atoms with E-state index in [2.05, 4.69) is 77.4 Å². The Labute approximate surface area is 531 Å². The largest absolute Gasteiger partial charge is 0.493 e. The van der Waals surface area contributed by atoms with E-state index in [1.807, 2.05) is 20.8 Å². The molecule has 8 rings (SSSR count). The molecule has 26 heteroatoms. The summed E-state index contributed by atoms with van der Waals surface area (Å²) in [4.78, 5) is 121. The number of aliphatic hydroxyl groups excluding tert-OH is 1. The molecule has 90 heavy (non-hydrogen) atoms. The highest BCUT2D eigenvalue weighted by atomic mass is 32.1. The average molecular weight is 1270 g/mol. The number of likely N-dealkylation sites (tertiary alicyclic amines) is 1. The van der Waals surface area contributed by atoms with Gasteiger partial charge in [-0.05, 0) is 87.6 Å². The number of carbonyl (C=O) groups excluding carboxylic acids is 9. The second-order valence-electron chi connectivity index (χ2n) is 22.0.